The van der Waals surface area contributed by atoms with Crippen LogP contribution in [0.25, 0.3) is 0 Å². The van der Waals surface area contributed by atoms with Gasteiger partial charge in [-0.05, 0) is 30.5 Å². The third kappa shape index (κ3) is 2.56. The van der Waals surface area contributed by atoms with E-state index in [0.29, 0.717) is 0 Å². The zero-order valence-corrected chi connectivity index (χ0v) is 10.8. The number of benzene rings is 1. The average Bonchev–Trinajstić information content (AvgIpc) is 3.21. The minimum absolute atomic E-state index is 0.0108. The van der Waals surface area contributed by atoms with Gasteiger partial charge in [0, 0.05) is 26.2 Å². The third-order valence-corrected chi connectivity index (χ3v) is 3.90. The molecule has 2 N–H and O–H groups in total. The first-order valence-electron chi connectivity index (χ1n) is 6.73. The lowest BCUT2D eigenvalue weighted by atomic mass is 10.1. The van der Waals surface area contributed by atoms with Gasteiger partial charge in [-0.25, -0.2) is 9.18 Å². The highest BCUT2D eigenvalue weighted by molar-refractivity contribution is 5.76. The highest BCUT2D eigenvalue weighted by atomic mass is 19.1. The number of urea groups is 1. The van der Waals surface area contributed by atoms with Gasteiger partial charge in [0.15, 0.2) is 0 Å². The normalized spacial score (nSPS) is 21.0. The first kappa shape index (κ1) is 12.4. The summed E-state index contributed by atoms with van der Waals surface area (Å²) in [5.74, 6) is -0.243. The molecule has 1 heterocycles. The van der Waals surface area contributed by atoms with Crippen LogP contribution in [0.3, 0.4) is 0 Å². The fraction of sp³-hybridized carbons (Fsp3) is 0.500. The Morgan fingerprint density at radius 3 is 2.42 bits per heavy atom. The van der Waals surface area contributed by atoms with Crippen LogP contribution in [0.2, 0.25) is 0 Å². The van der Waals surface area contributed by atoms with Gasteiger partial charge >= 0.3 is 6.03 Å². The summed E-state index contributed by atoms with van der Waals surface area (Å²) in [7, 11) is 0. The molecule has 1 aromatic carbocycles. The molecule has 0 bridgehead atoms. The van der Waals surface area contributed by atoms with Crippen LogP contribution >= 0.6 is 0 Å². The summed E-state index contributed by atoms with van der Waals surface area (Å²) in [6.45, 7) is 3.17. The Hall–Kier alpha value is -1.62. The lowest BCUT2D eigenvalue weighted by Crippen LogP contribution is -2.52. The van der Waals surface area contributed by atoms with Crippen molar-refractivity contribution in [2.75, 3.05) is 26.2 Å². The maximum Gasteiger partial charge on any atom is 0.318 e. The Morgan fingerprint density at radius 2 is 1.84 bits per heavy atom. The first-order chi connectivity index (χ1) is 9.20. The van der Waals surface area contributed by atoms with Crippen molar-refractivity contribution in [3.8, 4) is 0 Å². The lowest BCUT2D eigenvalue weighted by molar-refractivity contribution is 0.185. The Bertz CT molecular complexity index is 464. The SMILES string of the molecule is O=C(NC1(c2ccc(F)cc2)CC1)N1CCNCC1. The molecule has 3 rings (SSSR count). The van der Waals surface area contributed by atoms with Gasteiger partial charge < -0.3 is 15.5 Å². The smallest absolute Gasteiger partial charge is 0.318 e. The number of carbonyl (C=O) groups is 1. The van der Waals surface area contributed by atoms with Gasteiger partial charge in [-0.3, -0.25) is 0 Å². The number of hydrogen-bond acceptors (Lipinski definition) is 2. The molecule has 0 spiro atoms. The summed E-state index contributed by atoms with van der Waals surface area (Å²) in [5.41, 5.74) is 0.729. The Morgan fingerprint density at radius 1 is 1.21 bits per heavy atom. The Labute approximate surface area is 112 Å². The van der Waals surface area contributed by atoms with Crippen molar-refractivity contribution in [3.05, 3.63) is 35.6 Å². The molecule has 4 nitrogen and oxygen atoms in total. The molecule has 0 unspecified atom stereocenters. The zero-order chi connectivity index (χ0) is 13.3. The number of rotatable bonds is 2. The number of halogens is 1. The van der Waals surface area contributed by atoms with Gasteiger partial charge in [0.1, 0.15) is 5.82 Å². The van der Waals surface area contributed by atoms with Crippen LogP contribution in [-0.4, -0.2) is 37.1 Å². The second-order valence-electron chi connectivity index (χ2n) is 5.26. The highest BCUT2D eigenvalue weighted by Crippen LogP contribution is 2.45. The van der Waals surface area contributed by atoms with Crippen molar-refractivity contribution in [2.45, 2.75) is 18.4 Å². The topological polar surface area (TPSA) is 44.4 Å². The predicted octanol–water partition coefficient (Wildman–Crippen LogP) is 1.43. The van der Waals surface area contributed by atoms with Crippen LogP contribution in [0.15, 0.2) is 24.3 Å². The summed E-state index contributed by atoms with van der Waals surface area (Å²) >= 11 is 0. The molecule has 1 aliphatic carbocycles. The number of nitrogens with zero attached hydrogens (tertiary/aromatic N) is 1. The van der Waals surface area contributed by atoms with Crippen molar-refractivity contribution >= 4 is 6.03 Å². The van der Waals surface area contributed by atoms with Crippen LogP contribution in [0.5, 0.6) is 0 Å². The van der Waals surface area contributed by atoms with Gasteiger partial charge in [0.25, 0.3) is 0 Å². The highest BCUT2D eigenvalue weighted by Gasteiger charge is 2.46. The van der Waals surface area contributed by atoms with E-state index >= 15 is 0 Å². The van der Waals surface area contributed by atoms with Crippen LogP contribution < -0.4 is 10.6 Å². The molecule has 0 atom stereocenters. The minimum atomic E-state index is -0.268. The van der Waals surface area contributed by atoms with E-state index in [1.54, 1.807) is 12.1 Å². The van der Waals surface area contributed by atoms with E-state index in [0.717, 1.165) is 44.6 Å². The number of piperazine rings is 1. The van der Waals surface area contributed by atoms with E-state index in [-0.39, 0.29) is 17.4 Å². The van der Waals surface area contributed by atoms with E-state index in [9.17, 15) is 9.18 Å². The van der Waals surface area contributed by atoms with Crippen molar-refractivity contribution in [2.24, 2.45) is 0 Å². The van der Waals surface area contributed by atoms with Crippen LogP contribution in [-0.2, 0) is 5.54 Å². The van der Waals surface area contributed by atoms with E-state index in [2.05, 4.69) is 10.6 Å². The molecule has 2 fully saturated rings. The Kier molecular flexibility index (Phi) is 3.14. The molecule has 1 saturated heterocycles. The molecule has 0 radical (unpaired) electrons. The second-order valence-corrected chi connectivity index (χ2v) is 5.26. The van der Waals surface area contributed by atoms with Crippen molar-refractivity contribution in [3.63, 3.8) is 0 Å². The van der Waals surface area contributed by atoms with Crippen LogP contribution in [0.4, 0.5) is 9.18 Å². The largest absolute Gasteiger partial charge is 0.328 e. The average molecular weight is 263 g/mol. The quantitative estimate of drug-likeness (QED) is 0.848. The minimum Gasteiger partial charge on any atom is -0.328 e. The molecule has 1 aliphatic heterocycles. The number of hydrogen-bond donors (Lipinski definition) is 2. The van der Waals surface area contributed by atoms with Crippen molar-refractivity contribution < 1.29 is 9.18 Å². The van der Waals surface area contributed by atoms with Gasteiger partial charge in [0.05, 0.1) is 5.54 Å². The fourth-order valence-corrected chi connectivity index (χ4v) is 2.53. The fourth-order valence-electron chi connectivity index (χ4n) is 2.53. The van der Waals surface area contributed by atoms with E-state index < -0.39 is 0 Å². The van der Waals surface area contributed by atoms with E-state index in [1.807, 2.05) is 4.90 Å². The maximum absolute atomic E-state index is 12.9. The van der Waals surface area contributed by atoms with Gasteiger partial charge in [-0.2, -0.15) is 0 Å². The van der Waals surface area contributed by atoms with Gasteiger partial charge in [-0.15, -0.1) is 0 Å². The molecule has 1 aromatic rings. The van der Waals surface area contributed by atoms with E-state index in [1.165, 1.54) is 12.1 Å². The lowest BCUT2D eigenvalue weighted by Gasteiger charge is -2.30. The predicted molar refractivity (Wildman–Crippen MR) is 70.3 cm³/mol. The van der Waals surface area contributed by atoms with E-state index in [4.69, 9.17) is 0 Å². The summed E-state index contributed by atoms with van der Waals surface area (Å²) in [6.07, 6.45) is 1.85. The molecular weight excluding hydrogens is 245 g/mol. The summed E-state index contributed by atoms with van der Waals surface area (Å²) in [6, 6.07) is 6.42. The third-order valence-electron chi connectivity index (χ3n) is 3.90. The molecule has 5 heteroatoms. The second kappa shape index (κ2) is 4.81. The molecule has 19 heavy (non-hydrogen) atoms. The first-order valence-corrected chi connectivity index (χ1v) is 6.73. The monoisotopic (exact) mass is 263 g/mol. The summed E-state index contributed by atoms with van der Waals surface area (Å²) < 4.78 is 12.9. The van der Waals surface area contributed by atoms with Gasteiger partial charge in [0.2, 0.25) is 0 Å². The van der Waals surface area contributed by atoms with Crippen molar-refractivity contribution in [1.29, 1.82) is 0 Å². The molecule has 1 saturated carbocycles. The number of amides is 2. The summed E-state index contributed by atoms with van der Waals surface area (Å²) in [4.78, 5) is 14.0. The van der Waals surface area contributed by atoms with Crippen molar-refractivity contribution in [1.82, 2.24) is 15.5 Å². The van der Waals surface area contributed by atoms with Gasteiger partial charge in [-0.1, -0.05) is 12.1 Å². The number of nitrogens with one attached hydrogen (secondary N) is 2. The Balaban J connectivity index is 1.68. The molecule has 2 aliphatic rings. The molecule has 2 amide bonds. The summed E-state index contributed by atoms with van der Waals surface area (Å²) in [5, 5.41) is 6.33. The number of carbonyl (C=O) groups excluding carboxylic acids is 1. The zero-order valence-electron chi connectivity index (χ0n) is 10.8. The molecule has 102 valence electrons. The molecular formula is C14H18FN3O. The van der Waals surface area contributed by atoms with Crippen LogP contribution in [0, 0.1) is 5.82 Å². The maximum atomic E-state index is 12.9. The van der Waals surface area contributed by atoms with Crippen LogP contribution in [0.1, 0.15) is 18.4 Å². The standard InChI is InChI=1S/C14H18FN3O/c15-12-3-1-11(2-4-12)14(5-6-14)17-13(19)18-9-7-16-8-10-18/h1-4,16H,5-10H2,(H,17,19). The molecule has 0 aromatic heterocycles.